The van der Waals surface area contributed by atoms with E-state index in [9.17, 15) is 4.79 Å². The minimum Gasteiger partial charge on any atom is -0.378 e. The third-order valence-electron chi connectivity index (χ3n) is 3.35. The number of carbonyl (C=O) groups is 1. The average molecular weight is 257 g/mol. The molecule has 2 aliphatic heterocycles. The predicted octanol–water partition coefficient (Wildman–Crippen LogP) is -1.23. The standard InChI is InChI=1S/C12H23N3O3/c16-12(15-6-9-17-10-7-15)11-18-8-5-14-3-1-13-2-4-14/h13H,1-11H2. The number of carbonyl (C=O) groups excluding carboxylic acids is 1. The SMILES string of the molecule is O=C(COCCN1CCNCC1)N1CCOCC1. The van der Waals surface area contributed by atoms with E-state index in [2.05, 4.69) is 10.2 Å². The molecule has 0 atom stereocenters. The molecule has 2 heterocycles. The molecule has 6 nitrogen and oxygen atoms in total. The second-order valence-electron chi connectivity index (χ2n) is 4.64. The van der Waals surface area contributed by atoms with Crippen LogP contribution in [0.25, 0.3) is 0 Å². The van der Waals surface area contributed by atoms with Gasteiger partial charge in [-0.25, -0.2) is 0 Å². The van der Waals surface area contributed by atoms with Crippen molar-refractivity contribution >= 4 is 5.91 Å². The van der Waals surface area contributed by atoms with Crippen LogP contribution in [0.1, 0.15) is 0 Å². The molecule has 104 valence electrons. The fraction of sp³-hybridized carbons (Fsp3) is 0.917. The molecular formula is C12H23N3O3. The zero-order chi connectivity index (χ0) is 12.6. The summed E-state index contributed by atoms with van der Waals surface area (Å²) in [6, 6.07) is 0. The monoisotopic (exact) mass is 257 g/mol. The Bertz CT molecular complexity index is 251. The van der Waals surface area contributed by atoms with E-state index in [4.69, 9.17) is 9.47 Å². The van der Waals surface area contributed by atoms with Gasteiger partial charge in [0.25, 0.3) is 0 Å². The Kier molecular flexibility index (Phi) is 5.86. The molecule has 1 N–H and O–H groups in total. The number of amides is 1. The Labute approximate surface area is 108 Å². The van der Waals surface area contributed by atoms with Crippen LogP contribution < -0.4 is 5.32 Å². The van der Waals surface area contributed by atoms with Gasteiger partial charge in [0.2, 0.25) is 5.91 Å². The second-order valence-corrected chi connectivity index (χ2v) is 4.64. The van der Waals surface area contributed by atoms with Gasteiger partial charge in [-0.15, -0.1) is 0 Å². The van der Waals surface area contributed by atoms with Crippen LogP contribution in [-0.2, 0) is 14.3 Å². The van der Waals surface area contributed by atoms with E-state index in [0.717, 1.165) is 32.7 Å². The molecule has 0 bridgehead atoms. The smallest absolute Gasteiger partial charge is 0.248 e. The molecule has 18 heavy (non-hydrogen) atoms. The summed E-state index contributed by atoms with van der Waals surface area (Å²) in [6.07, 6.45) is 0. The van der Waals surface area contributed by atoms with Crippen molar-refractivity contribution in [2.24, 2.45) is 0 Å². The molecular weight excluding hydrogens is 234 g/mol. The summed E-state index contributed by atoms with van der Waals surface area (Å²) in [6.45, 7) is 8.67. The molecule has 1 amide bonds. The van der Waals surface area contributed by atoms with Crippen LogP contribution >= 0.6 is 0 Å². The quantitative estimate of drug-likeness (QED) is 0.625. The highest BCUT2D eigenvalue weighted by molar-refractivity contribution is 5.77. The highest BCUT2D eigenvalue weighted by atomic mass is 16.5. The van der Waals surface area contributed by atoms with Crippen LogP contribution in [0.2, 0.25) is 0 Å². The van der Waals surface area contributed by atoms with Crippen molar-refractivity contribution in [2.75, 3.05) is 72.2 Å². The first-order valence-corrected chi connectivity index (χ1v) is 6.72. The van der Waals surface area contributed by atoms with E-state index in [0.29, 0.717) is 32.9 Å². The van der Waals surface area contributed by atoms with Gasteiger partial charge in [-0.05, 0) is 0 Å². The van der Waals surface area contributed by atoms with Crippen molar-refractivity contribution in [1.82, 2.24) is 15.1 Å². The molecule has 0 saturated carbocycles. The Balaban J connectivity index is 1.52. The van der Waals surface area contributed by atoms with Gasteiger partial charge < -0.3 is 19.7 Å². The molecule has 0 unspecified atom stereocenters. The van der Waals surface area contributed by atoms with Crippen molar-refractivity contribution < 1.29 is 14.3 Å². The largest absolute Gasteiger partial charge is 0.378 e. The molecule has 0 aromatic heterocycles. The Morgan fingerprint density at radius 2 is 1.89 bits per heavy atom. The second kappa shape index (κ2) is 7.68. The number of morpholine rings is 1. The van der Waals surface area contributed by atoms with Gasteiger partial charge in [0.15, 0.2) is 0 Å². The van der Waals surface area contributed by atoms with Gasteiger partial charge in [0.05, 0.1) is 19.8 Å². The highest BCUT2D eigenvalue weighted by Crippen LogP contribution is 1.98. The minimum absolute atomic E-state index is 0.0820. The molecule has 6 heteroatoms. The Morgan fingerprint density at radius 1 is 1.17 bits per heavy atom. The zero-order valence-corrected chi connectivity index (χ0v) is 10.9. The van der Waals surface area contributed by atoms with Crippen LogP contribution in [0.4, 0.5) is 0 Å². The van der Waals surface area contributed by atoms with Crippen LogP contribution in [-0.4, -0.2) is 87.9 Å². The fourth-order valence-electron chi connectivity index (χ4n) is 2.19. The number of hydrogen-bond donors (Lipinski definition) is 1. The third kappa shape index (κ3) is 4.53. The number of nitrogens with zero attached hydrogens (tertiary/aromatic N) is 2. The van der Waals surface area contributed by atoms with E-state index >= 15 is 0 Å². The molecule has 0 aromatic carbocycles. The maximum atomic E-state index is 11.8. The molecule has 2 fully saturated rings. The zero-order valence-electron chi connectivity index (χ0n) is 10.9. The van der Waals surface area contributed by atoms with E-state index in [1.807, 2.05) is 4.90 Å². The van der Waals surface area contributed by atoms with Crippen molar-refractivity contribution in [2.45, 2.75) is 0 Å². The number of rotatable bonds is 5. The molecule has 2 aliphatic rings. The lowest BCUT2D eigenvalue weighted by Crippen LogP contribution is -2.45. The summed E-state index contributed by atoms with van der Waals surface area (Å²) < 4.78 is 10.7. The fourth-order valence-corrected chi connectivity index (χ4v) is 2.19. The van der Waals surface area contributed by atoms with Gasteiger partial charge in [-0.1, -0.05) is 0 Å². The van der Waals surface area contributed by atoms with E-state index in [1.165, 1.54) is 0 Å². The first kappa shape index (κ1) is 13.7. The molecule has 0 aromatic rings. The molecule has 2 saturated heterocycles. The van der Waals surface area contributed by atoms with Crippen LogP contribution in [0, 0.1) is 0 Å². The lowest BCUT2D eigenvalue weighted by molar-refractivity contribution is -0.140. The molecule has 2 rings (SSSR count). The van der Waals surface area contributed by atoms with E-state index in [-0.39, 0.29) is 12.5 Å². The predicted molar refractivity (Wildman–Crippen MR) is 67.5 cm³/mol. The number of hydrogen-bond acceptors (Lipinski definition) is 5. The first-order valence-electron chi connectivity index (χ1n) is 6.72. The lowest BCUT2D eigenvalue weighted by atomic mass is 10.3. The van der Waals surface area contributed by atoms with Gasteiger partial charge in [-0.2, -0.15) is 0 Å². The average Bonchev–Trinajstić information content (AvgIpc) is 2.45. The Hall–Kier alpha value is -0.690. The van der Waals surface area contributed by atoms with Crippen molar-refractivity contribution in [3.8, 4) is 0 Å². The molecule has 0 spiro atoms. The topological polar surface area (TPSA) is 54.0 Å². The molecule has 0 radical (unpaired) electrons. The van der Waals surface area contributed by atoms with Crippen LogP contribution in [0.5, 0.6) is 0 Å². The number of nitrogens with one attached hydrogen (secondary N) is 1. The van der Waals surface area contributed by atoms with Crippen molar-refractivity contribution in [3.05, 3.63) is 0 Å². The summed E-state index contributed by atoms with van der Waals surface area (Å²) in [7, 11) is 0. The van der Waals surface area contributed by atoms with Gasteiger partial charge in [0.1, 0.15) is 6.61 Å². The summed E-state index contributed by atoms with van der Waals surface area (Å²) in [4.78, 5) is 15.9. The first-order chi connectivity index (χ1) is 8.86. The normalized spacial score (nSPS) is 22.1. The minimum atomic E-state index is 0.0820. The maximum absolute atomic E-state index is 11.8. The van der Waals surface area contributed by atoms with Gasteiger partial charge in [-0.3, -0.25) is 9.69 Å². The summed E-state index contributed by atoms with van der Waals surface area (Å²) >= 11 is 0. The summed E-state index contributed by atoms with van der Waals surface area (Å²) in [5, 5.41) is 3.31. The van der Waals surface area contributed by atoms with Gasteiger partial charge >= 0.3 is 0 Å². The maximum Gasteiger partial charge on any atom is 0.248 e. The highest BCUT2D eigenvalue weighted by Gasteiger charge is 2.16. The Morgan fingerprint density at radius 3 is 2.61 bits per heavy atom. The summed E-state index contributed by atoms with van der Waals surface area (Å²) in [5.74, 6) is 0.0820. The number of ether oxygens (including phenoxy) is 2. The van der Waals surface area contributed by atoms with Crippen LogP contribution in [0.15, 0.2) is 0 Å². The van der Waals surface area contributed by atoms with Crippen LogP contribution in [0.3, 0.4) is 0 Å². The van der Waals surface area contributed by atoms with Gasteiger partial charge in [0, 0.05) is 45.8 Å². The molecule has 0 aliphatic carbocycles. The van der Waals surface area contributed by atoms with Crippen molar-refractivity contribution in [3.63, 3.8) is 0 Å². The summed E-state index contributed by atoms with van der Waals surface area (Å²) in [5.41, 5.74) is 0. The van der Waals surface area contributed by atoms with E-state index < -0.39 is 0 Å². The third-order valence-corrected chi connectivity index (χ3v) is 3.35. The van der Waals surface area contributed by atoms with Crippen molar-refractivity contribution in [1.29, 1.82) is 0 Å². The number of piperazine rings is 1. The van der Waals surface area contributed by atoms with E-state index in [1.54, 1.807) is 0 Å². The lowest BCUT2D eigenvalue weighted by Gasteiger charge is -2.28.